The van der Waals surface area contributed by atoms with Gasteiger partial charge in [-0.05, 0) is 59.5 Å². The zero-order valence-corrected chi connectivity index (χ0v) is 18.6. The number of sulfonamides is 1. The highest BCUT2D eigenvalue weighted by Crippen LogP contribution is 2.31. The number of aromatic nitrogens is 2. The number of nitrogens with zero attached hydrogens (tertiary/aromatic N) is 3. The number of thiophene rings is 1. The maximum absolute atomic E-state index is 12.7. The molecule has 1 N–H and O–H groups in total. The second-order valence-corrected chi connectivity index (χ2v) is 10.3. The molecule has 4 rings (SSSR count). The Kier molecular flexibility index (Phi) is 5.45. The SMILES string of the molecule is Cc1ccc(NS(=O)(=O)c2cc(-c3noc(C(=O)N4CCCC4)n3)cs2)c(Br)c1. The molecule has 2 aromatic heterocycles. The van der Waals surface area contributed by atoms with Crippen LogP contribution < -0.4 is 4.72 Å². The summed E-state index contributed by atoms with van der Waals surface area (Å²) in [6, 6.07) is 6.81. The minimum absolute atomic E-state index is 0.0841. The van der Waals surface area contributed by atoms with E-state index in [2.05, 4.69) is 30.8 Å². The fourth-order valence-corrected chi connectivity index (χ4v) is 5.92. The van der Waals surface area contributed by atoms with Gasteiger partial charge in [0.1, 0.15) is 4.21 Å². The largest absolute Gasteiger partial charge is 0.334 e. The highest BCUT2D eigenvalue weighted by atomic mass is 79.9. The first-order chi connectivity index (χ1) is 13.8. The van der Waals surface area contributed by atoms with E-state index in [0.29, 0.717) is 28.8 Å². The van der Waals surface area contributed by atoms with Gasteiger partial charge in [-0.2, -0.15) is 4.98 Å². The lowest BCUT2D eigenvalue weighted by Gasteiger charge is -2.10. The molecule has 1 saturated heterocycles. The lowest BCUT2D eigenvalue weighted by molar-refractivity contribution is 0.0743. The van der Waals surface area contributed by atoms with Gasteiger partial charge in [0.15, 0.2) is 0 Å². The highest BCUT2D eigenvalue weighted by molar-refractivity contribution is 9.10. The molecule has 3 aromatic rings. The fourth-order valence-electron chi connectivity index (χ4n) is 2.96. The molecule has 29 heavy (non-hydrogen) atoms. The lowest BCUT2D eigenvalue weighted by Crippen LogP contribution is -2.27. The molecular formula is C18H17BrN4O4S2. The number of hydrogen-bond donors (Lipinski definition) is 1. The third kappa shape index (κ3) is 4.21. The van der Waals surface area contributed by atoms with Crippen molar-refractivity contribution >= 4 is 48.9 Å². The molecule has 1 aliphatic rings. The number of amides is 1. The van der Waals surface area contributed by atoms with Crippen LogP contribution in [0.4, 0.5) is 5.69 Å². The van der Waals surface area contributed by atoms with Crippen molar-refractivity contribution in [2.45, 2.75) is 24.0 Å². The fraction of sp³-hybridized carbons (Fsp3) is 0.278. The van der Waals surface area contributed by atoms with Gasteiger partial charge in [-0.25, -0.2) is 8.42 Å². The topological polar surface area (TPSA) is 105 Å². The third-order valence-corrected chi connectivity index (χ3v) is 7.93. The Morgan fingerprint density at radius 1 is 1.28 bits per heavy atom. The summed E-state index contributed by atoms with van der Waals surface area (Å²) in [6.07, 6.45) is 1.92. The Balaban J connectivity index is 1.54. The van der Waals surface area contributed by atoms with Crippen LogP contribution in [0.25, 0.3) is 11.4 Å². The molecule has 1 fully saturated rings. The summed E-state index contributed by atoms with van der Waals surface area (Å²) in [4.78, 5) is 18.2. The van der Waals surface area contributed by atoms with E-state index in [1.54, 1.807) is 16.3 Å². The Morgan fingerprint density at radius 3 is 2.76 bits per heavy atom. The molecule has 1 amide bonds. The second-order valence-electron chi connectivity index (χ2n) is 6.67. The minimum atomic E-state index is -3.78. The number of anilines is 1. The monoisotopic (exact) mass is 496 g/mol. The summed E-state index contributed by atoms with van der Waals surface area (Å²) in [5, 5.41) is 5.45. The van der Waals surface area contributed by atoms with E-state index in [-0.39, 0.29) is 21.8 Å². The average molecular weight is 497 g/mol. The smallest absolute Gasteiger partial charge is 0.316 e. The molecule has 1 aromatic carbocycles. The molecule has 0 saturated carbocycles. The van der Waals surface area contributed by atoms with Gasteiger partial charge in [-0.15, -0.1) is 11.3 Å². The molecule has 0 aliphatic carbocycles. The molecule has 0 spiro atoms. The summed E-state index contributed by atoms with van der Waals surface area (Å²) in [5.41, 5.74) is 1.93. The summed E-state index contributed by atoms with van der Waals surface area (Å²) >= 11 is 4.41. The van der Waals surface area contributed by atoms with Gasteiger partial charge in [0.05, 0.1) is 5.69 Å². The summed E-state index contributed by atoms with van der Waals surface area (Å²) in [5.74, 6) is -0.198. The standard InChI is InChI=1S/C18H17BrN4O4S2/c1-11-4-5-14(13(19)8-11)22-29(25,26)15-9-12(10-28-15)16-20-17(27-21-16)18(24)23-6-2-3-7-23/h4-5,8-10,22H,2-3,6-7H2,1H3. The molecule has 0 unspecified atom stereocenters. The van der Waals surface area contributed by atoms with Crippen LogP contribution in [0.1, 0.15) is 29.1 Å². The normalized spacial score (nSPS) is 14.3. The van der Waals surface area contributed by atoms with Crippen molar-refractivity contribution in [2.75, 3.05) is 17.8 Å². The van der Waals surface area contributed by atoms with Crippen LogP contribution in [-0.2, 0) is 10.0 Å². The first-order valence-corrected chi connectivity index (χ1v) is 12.0. The van der Waals surface area contributed by atoms with E-state index in [1.807, 2.05) is 19.1 Å². The molecule has 1 aliphatic heterocycles. The number of aryl methyl sites for hydroxylation is 1. The van der Waals surface area contributed by atoms with Crippen molar-refractivity contribution in [1.82, 2.24) is 15.0 Å². The van der Waals surface area contributed by atoms with Gasteiger partial charge in [0.2, 0.25) is 5.82 Å². The Hall–Kier alpha value is -2.24. The van der Waals surface area contributed by atoms with Gasteiger partial charge in [0.25, 0.3) is 10.0 Å². The Bertz CT molecular complexity index is 1170. The van der Waals surface area contributed by atoms with Crippen LogP contribution in [0, 0.1) is 6.92 Å². The molecule has 0 atom stereocenters. The van der Waals surface area contributed by atoms with E-state index in [9.17, 15) is 13.2 Å². The van der Waals surface area contributed by atoms with Crippen LogP contribution in [0.5, 0.6) is 0 Å². The van der Waals surface area contributed by atoms with Crippen molar-refractivity contribution in [3.05, 3.63) is 45.6 Å². The van der Waals surface area contributed by atoms with E-state index in [1.165, 1.54) is 6.07 Å². The number of halogens is 1. The van der Waals surface area contributed by atoms with Gasteiger partial charge in [0, 0.05) is 28.5 Å². The first kappa shape index (κ1) is 20.0. The minimum Gasteiger partial charge on any atom is -0.334 e. The number of carbonyl (C=O) groups is 1. The number of carbonyl (C=O) groups excluding carboxylic acids is 1. The second kappa shape index (κ2) is 7.88. The molecule has 3 heterocycles. The van der Waals surface area contributed by atoms with E-state index < -0.39 is 10.0 Å². The van der Waals surface area contributed by atoms with Crippen molar-refractivity contribution in [1.29, 1.82) is 0 Å². The number of hydrogen-bond acceptors (Lipinski definition) is 7. The summed E-state index contributed by atoms with van der Waals surface area (Å²) in [7, 11) is -3.78. The summed E-state index contributed by atoms with van der Waals surface area (Å²) < 4.78 is 33.9. The number of nitrogens with one attached hydrogen (secondary N) is 1. The van der Waals surface area contributed by atoms with Crippen LogP contribution >= 0.6 is 27.3 Å². The zero-order chi connectivity index (χ0) is 20.6. The van der Waals surface area contributed by atoms with Crippen molar-refractivity contribution < 1.29 is 17.7 Å². The molecule has 0 bridgehead atoms. The van der Waals surface area contributed by atoms with Gasteiger partial charge in [-0.1, -0.05) is 11.2 Å². The van der Waals surface area contributed by atoms with Crippen LogP contribution in [0.3, 0.4) is 0 Å². The van der Waals surface area contributed by atoms with Gasteiger partial charge >= 0.3 is 11.8 Å². The number of likely N-dealkylation sites (tertiary alicyclic amines) is 1. The van der Waals surface area contributed by atoms with Crippen LogP contribution in [0.15, 0.2) is 42.9 Å². The van der Waals surface area contributed by atoms with Crippen LogP contribution in [0.2, 0.25) is 0 Å². The Labute approximate surface area is 180 Å². The molecule has 11 heteroatoms. The Morgan fingerprint density at radius 2 is 2.03 bits per heavy atom. The first-order valence-electron chi connectivity index (χ1n) is 8.84. The third-order valence-electron chi connectivity index (χ3n) is 4.47. The van der Waals surface area contributed by atoms with Crippen molar-refractivity contribution in [2.24, 2.45) is 0 Å². The highest BCUT2D eigenvalue weighted by Gasteiger charge is 2.26. The number of benzene rings is 1. The van der Waals surface area contributed by atoms with Gasteiger partial charge in [-0.3, -0.25) is 9.52 Å². The predicted molar refractivity (Wildman–Crippen MR) is 112 cm³/mol. The predicted octanol–water partition coefficient (Wildman–Crippen LogP) is 3.91. The average Bonchev–Trinajstić information content (AvgIpc) is 3.44. The van der Waals surface area contributed by atoms with Crippen molar-refractivity contribution in [3.8, 4) is 11.4 Å². The quantitative estimate of drug-likeness (QED) is 0.573. The van der Waals surface area contributed by atoms with E-state index in [4.69, 9.17) is 4.52 Å². The molecular weight excluding hydrogens is 480 g/mol. The maximum atomic E-state index is 12.7. The van der Waals surface area contributed by atoms with Gasteiger partial charge < -0.3 is 9.42 Å². The lowest BCUT2D eigenvalue weighted by atomic mass is 10.2. The van der Waals surface area contributed by atoms with E-state index >= 15 is 0 Å². The molecule has 0 radical (unpaired) electrons. The van der Waals surface area contributed by atoms with Crippen LogP contribution in [-0.4, -0.2) is 42.5 Å². The summed E-state index contributed by atoms with van der Waals surface area (Å²) in [6.45, 7) is 3.28. The maximum Gasteiger partial charge on any atom is 0.316 e. The zero-order valence-electron chi connectivity index (χ0n) is 15.4. The van der Waals surface area contributed by atoms with Crippen molar-refractivity contribution in [3.63, 3.8) is 0 Å². The molecule has 8 nitrogen and oxygen atoms in total. The number of rotatable bonds is 5. The van der Waals surface area contributed by atoms with E-state index in [0.717, 1.165) is 29.7 Å². The molecule has 152 valence electrons.